The summed E-state index contributed by atoms with van der Waals surface area (Å²) in [4.78, 5) is 2.30. The van der Waals surface area contributed by atoms with E-state index in [1.807, 2.05) is 24.3 Å². The van der Waals surface area contributed by atoms with Crippen LogP contribution in [0.15, 0.2) is 48.5 Å². The molecule has 2 aromatic carbocycles. The van der Waals surface area contributed by atoms with E-state index in [4.69, 9.17) is 16.3 Å². The average Bonchev–Trinajstić information content (AvgIpc) is 3.38. The van der Waals surface area contributed by atoms with E-state index in [2.05, 4.69) is 20.4 Å². The van der Waals surface area contributed by atoms with Gasteiger partial charge in [-0.3, -0.25) is 4.90 Å². The van der Waals surface area contributed by atoms with Crippen molar-refractivity contribution in [1.29, 1.82) is 0 Å². The molecule has 6 nitrogen and oxygen atoms in total. The molecular formula is C21H23ClFN5O. The lowest BCUT2D eigenvalue weighted by Gasteiger charge is -2.25. The molecule has 2 heterocycles. The Bertz CT molecular complexity index is 910. The molecule has 0 saturated carbocycles. The van der Waals surface area contributed by atoms with Crippen LogP contribution in [0.2, 0.25) is 5.02 Å². The van der Waals surface area contributed by atoms with Gasteiger partial charge in [-0.1, -0.05) is 35.9 Å². The predicted molar refractivity (Wildman–Crippen MR) is 108 cm³/mol. The summed E-state index contributed by atoms with van der Waals surface area (Å²) in [6.07, 6.45) is 2.39. The van der Waals surface area contributed by atoms with Gasteiger partial charge in [0.05, 0.1) is 19.2 Å². The number of rotatable bonds is 8. The lowest BCUT2D eigenvalue weighted by atomic mass is 10.2. The largest absolute Gasteiger partial charge is 0.377 e. The van der Waals surface area contributed by atoms with Gasteiger partial charge in [-0.25, -0.2) is 9.07 Å². The monoisotopic (exact) mass is 415 g/mol. The molecule has 0 spiro atoms. The molecule has 0 N–H and O–H groups in total. The number of halogens is 2. The van der Waals surface area contributed by atoms with Crippen molar-refractivity contribution < 1.29 is 9.13 Å². The second-order valence-electron chi connectivity index (χ2n) is 7.31. The number of aromatic nitrogens is 4. The topological polar surface area (TPSA) is 56.1 Å². The highest BCUT2D eigenvalue weighted by molar-refractivity contribution is 6.30. The summed E-state index contributed by atoms with van der Waals surface area (Å²) in [5.41, 5.74) is 2.12. The molecule has 1 atom stereocenters. The van der Waals surface area contributed by atoms with Crippen LogP contribution in [0.5, 0.6) is 0 Å². The Kier molecular flexibility index (Phi) is 6.49. The van der Waals surface area contributed by atoms with Crippen molar-refractivity contribution >= 4 is 11.6 Å². The third-order valence-electron chi connectivity index (χ3n) is 5.02. The maximum absolute atomic E-state index is 13.2. The van der Waals surface area contributed by atoms with Gasteiger partial charge >= 0.3 is 0 Å². The van der Waals surface area contributed by atoms with Gasteiger partial charge in [0, 0.05) is 24.7 Å². The lowest BCUT2D eigenvalue weighted by Crippen LogP contribution is -2.32. The summed E-state index contributed by atoms with van der Waals surface area (Å²) in [5.74, 6) is 0.512. The highest BCUT2D eigenvalue weighted by atomic mass is 35.5. The Morgan fingerprint density at radius 2 is 1.83 bits per heavy atom. The zero-order valence-corrected chi connectivity index (χ0v) is 16.8. The Balaban J connectivity index is 1.48. The molecule has 0 aliphatic carbocycles. The summed E-state index contributed by atoms with van der Waals surface area (Å²) in [7, 11) is 0. The summed E-state index contributed by atoms with van der Waals surface area (Å²) >= 11 is 6.02. The molecule has 0 radical (unpaired) electrons. The molecule has 4 rings (SSSR count). The average molecular weight is 416 g/mol. The highest BCUT2D eigenvalue weighted by Gasteiger charge is 2.21. The van der Waals surface area contributed by atoms with Gasteiger partial charge in [0.2, 0.25) is 0 Å². The molecule has 0 unspecified atom stereocenters. The van der Waals surface area contributed by atoms with E-state index in [0.29, 0.717) is 13.1 Å². The van der Waals surface area contributed by atoms with Gasteiger partial charge in [-0.05, 0) is 58.7 Å². The van der Waals surface area contributed by atoms with Gasteiger partial charge in [0.25, 0.3) is 0 Å². The molecule has 1 aliphatic heterocycles. The van der Waals surface area contributed by atoms with Crippen LogP contribution in [0.1, 0.15) is 29.8 Å². The fourth-order valence-electron chi connectivity index (χ4n) is 3.53. The minimum Gasteiger partial charge on any atom is -0.377 e. The number of benzene rings is 2. The zero-order chi connectivity index (χ0) is 20.1. The SMILES string of the molecule is Fc1ccc(Cn2nnnc2CN(Cc2ccc(Cl)cc2)C[C@H]2CCCO2)cc1. The van der Waals surface area contributed by atoms with Crippen LogP contribution in [0.4, 0.5) is 4.39 Å². The summed E-state index contributed by atoms with van der Waals surface area (Å²) in [5, 5.41) is 12.9. The smallest absolute Gasteiger partial charge is 0.165 e. The van der Waals surface area contributed by atoms with E-state index in [0.717, 1.165) is 48.9 Å². The minimum absolute atomic E-state index is 0.226. The van der Waals surface area contributed by atoms with Crippen LogP contribution in [0, 0.1) is 5.82 Å². The summed E-state index contributed by atoms with van der Waals surface area (Å²) < 4.78 is 20.8. The summed E-state index contributed by atoms with van der Waals surface area (Å²) in [6, 6.07) is 14.3. The first-order valence-corrected chi connectivity index (χ1v) is 10.1. The van der Waals surface area contributed by atoms with Crippen LogP contribution in [0.3, 0.4) is 0 Å². The third kappa shape index (κ3) is 5.59. The van der Waals surface area contributed by atoms with E-state index < -0.39 is 0 Å². The number of nitrogens with zero attached hydrogens (tertiary/aromatic N) is 5. The number of tetrazole rings is 1. The molecular weight excluding hydrogens is 393 g/mol. The maximum Gasteiger partial charge on any atom is 0.165 e. The van der Waals surface area contributed by atoms with E-state index in [-0.39, 0.29) is 11.9 Å². The highest BCUT2D eigenvalue weighted by Crippen LogP contribution is 2.18. The molecule has 1 fully saturated rings. The second kappa shape index (κ2) is 9.43. The van der Waals surface area contributed by atoms with Gasteiger partial charge < -0.3 is 4.74 Å². The van der Waals surface area contributed by atoms with E-state index in [9.17, 15) is 4.39 Å². The Labute approximate surface area is 174 Å². The first-order valence-electron chi connectivity index (χ1n) is 9.73. The molecule has 0 bridgehead atoms. The van der Waals surface area contributed by atoms with Gasteiger partial charge in [0.15, 0.2) is 5.82 Å². The zero-order valence-electron chi connectivity index (χ0n) is 16.0. The fraction of sp³-hybridized carbons (Fsp3) is 0.381. The van der Waals surface area contributed by atoms with Crippen LogP contribution in [0.25, 0.3) is 0 Å². The van der Waals surface area contributed by atoms with E-state index >= 15 is 0 Å². The first kappa shape index (κ1) is 19.9. The molecule has 8 heteroatoms. The Morgan fingerprint density at radius 1 is 1.07 bits per heavy atom. The molecule has 152 valence electrons. The minimum atomic E-state index is -0.253. The lowest BCUT2D eigenvalue weighted by molar-refractivity contribution is 0.0665. The number of ether oxygens (including phenoxy) is 1. The third-order valence-corrected chi connectivity index (χ3v) is 5.27. The molecule has 0 amide bonds. The quantitative estimate of drug-likeness (QED) is 0.561. The van der Waals surface area contributed by atoms with Crippen LogP contribution in [-0.4, -0.2) is 44.4 Å². The maximum atomic E-state index is 13.2. The van der Waals surface area contributed by atoms with Crippen molar-refractivity contribution in [1.82, 2.24) is 25.1 Å². The van der Waals surface area contributed by atoms with Crippen LogP contribution in [-0.2, 0) is 24.4 Å². The predicted octanol–water partition coefficient (Wildman–Crippen LogP) is 3.70. The Hall–Kier alpha value is -2.35. The van der Waals surface area contributed by atoms with Gasteiger partial charge in [-0.15, -0.1) is 5.10 Å². The molecule has 3 aromatic rings. The number of hydrogen-bond acceptors (Lipinski definition) is 5. The van der Waals surface area contributed by atoms with Crippen molar-refractivity contribution in [2.75, 3.05) is 13.2 Å². The van der Waals surface area contributed by atoms with Crippen molar-refractivity contribution in [2.45, 2.75) is 38.6 Å². The molecule has 1 aromatic heterocycles. The van der Waals surface area contributed by atoms with Crippen molar-refractivity contribution in [3.8, 4) is 0 Å². The van der Waals surface area contributed by atoms with E-state index in [1.165, 1.54) is 17.7 Å². The number of hydrogen-bond donors (Lipinski definition) is 0. The van der Waals surface area contributed by atoms with Gasteiger partial charge in [0.1, 0.15) is 5.82 Å². The standard InChI is InChI=1S/C21H23ClFN5O/c22-18-7-3-16(4-8-18)12-27(14-20-2-1-11-29-20)15-21-24-25-26-28(21)13-17-5-9-19(23)10-6-17/h3-10,20H,1-2,11-15H2/t20-/m1/s1. The van der Waals surface area contributed by atoms with E-state index in [1.54, 1.807) is 16.8 Å². The van der Waals surface area contributed by atoms with Gasteiger partial charge in [-0.2, -0.15) is 0 Å². The van der Waals surface area contributed by atoms with Crippen molar-refractivity contribution in [3.05, 3.63) is 76.3 Å². The molecule has 1 aliphatic rings. The normalized spacial score (nSPS) is 16.6. The first-order chi connectivity index (χ1) is 14.2. The van der Waals surface area contributed by atoms with Crippen molar-refractivity contribution in [3.63, 3.8) is 0 Å². The van der Waals surface area contributed by atoms with Crippen LogP contribution >= 0.6 is 11.6 Å². The Morgan fingerprint density at radius 3 is 2.55 bits per heavy atom. The fourth-order valence-corrected chi connectivity index (χ4v) is 3.66. The molecule has 1 saturated heterocycles. The molecule has 29 heavy (non-hydrogen) atoms. The van der Waals surface area contributed by atoms with Crippen molar-refractivity contribution in [2.24, 2.45) is 0 Å². The second-order valence-corrected chi connectivity index (χ2v) is 7.75. The van der Waals surface area contributed by atoms with Crippen LogP contribution < -0.4 is 0 Å². The summed E-state index contributed by atoms with van der Waals surface area (Å²) in [6.45, 7) is 3.47.